The molecule has 3 rings (SSSR count). The maximum Gasteiger partial charge on any atom is 0.277 e. The van der Waals surface area contributed by atoms with Gasteiger partial charge in [0, 0.05) is 0 Å². The van der Waals surface area contributed by atoms with Crippen molar-refractivity contribution in [3.63, 3.8) is 0 Å². The van der Waals surface area contributed by atoms with Crippen LogP contribution >= 0.6 is 0 Å². The van der Waals surface area contributed by atoms with Gasteiger partial charge in [0.15, 0.2) is 26.4 Å². The number of ether oxygens (including phenoxy) is 1. The molecule has 0 aromatic carbocycles. The Bertz CT molecular complexity index is 1160. The molecule has 0 amide bonds. The predicted octanol–water partition coefficient (Wildman–Crippen LogP) is 6.69. The van der Waals surface area contributed by atoms with Crippen molar-refractivity contribution in [1.82, 2.24) is 19.7 Å². The molecule has 3 N–H and O–H groups in total. The number of H-pyrrole nitrogens is 1. The second-order valence-electron chi connectivity index (χ2n) is 13.3. The van der Waals surface area contributed by atoms with Crippen molar-refractivity contribution >= 4 is 33.5 Å². The third-order valence-corrected chi connectivity index (χ3v) is 21.5. The Morgan fingerprint density at radius 2 is 1.43 bits per heavy atom. The summed E-state index contributed by atoms with van der Waals surface area (Å²) in [5, 5.41) is 2.82. The normalized spacial score (nSPS) is 22.9. The van der Waals surface area contributed by atoms with Crippen molar-refractivity contribution < 1.29 is 18.0 Å². The molecule has 2 aromatic heterocycles. The topological polar surface area (TPSA) is 117 Å². The Hall–Kier alpha value is -1.61. The van der Waals surface area contributed by atoms with Gasteiger partial charge in [0.1, 0.15) is 29.7 Å². The van der Waals surface area contributed by atoms with Crippen LogP contribution in [-0.4, -0.2) is 61.4 Å². The Labute approximate surface area is 241 Å². The summed E-state index contributed by atoms with van der Waals surface area (Å²) in [7, 11) is -4.76. The van der Waals surface area contributed by atoms with Crippen molar-refractivity contribution in [2.24, 2.45) is 0 Å². The van der Waals surface area contributed by atoms with Crippen LogP contribution < -0.4 is 11.3 Å². The number of nitrogens with two attached hydrogens (primary N) is 1. The van der Waals surface area contributed by atoms with E-state index in [4.69, 9.17) is 19.3 Å². The lowest BCUT2D eigenvalue weighted by Crippen LogP contribution is -2.55. The fraction of sp³-hybridized carbons (Fsp3) is 0.821. The molecule has 0 aliphatic carbocycles. The number of hydrogen-bond donors (Lipinski definition) is 2. The largest absolute Gasteiger partial charge is 0.413 e. The van der Waals surface area contributed by atoms with Gasteiger partial charge in [-0.3, -0.25) is 9.89 Å². The molecule has 2 aromatic rings. The van der Waals surface area contributed by atoms with E-state index in [-0.39, 0.29) is 40.1 Å². The third kappa shape index (κ3) is 5.46. The number of aromatic amines is 1. The van der Waals surface area contributed by atoms with Crippen LogP contribution in [0.3, 0.4) is 0 Å². The highest BCUT2D eigenvalue weighted by atomic mass is 28.4. The summed E-state index contributed by atoms with van der Waals surface area (Å²) in [6.07, 6.45) is -2.97. The smallest absolute Gasteiger partial charge is 0.277 e. The van der Waals surface area contributed by atoms with E-state index in [1.807, 2.05) is 0 Å². The number of halogens is 1. The van der Waals surface area contributed by atoms with Crippen LogP contribution in [-0.2, 0) is 13.6 Å². The SMILES string of the molecule is CC(C)[Si](OC[C@H]1O[C@@H](n2[nH]c(=O)c3c(N)ncnc32)[C@@H](F)[C@@H]1O[Si](C(C)C)(C(C)C)C(C)C)(C(C)C)C(C)C. The number of nitrogen functional groups attached to an aromatic ring is 1. The molecule has 4 atom stereocenters. The van der Waals surface area contributed by atoms with E-state index in [0.29, 0.717) is 16.6 Å². The van der Waals surface area contributed by atoms with Gasteiger partial charge in [-0.2, -0.15) is 0 Å². The van der Waals surface area contributed by atoms with Gasteiger partial charge in [-0.05, 0) is 33.2 Å². The van der Waals surface area contributed by atoms with Crippen molar-refractivity contribution in [3.8, 4) is 0 Å². The van der Waals surface area contributed by atoms with E-state index in [0.717, 1.165) is 0 Å². The number of rotatable bonds is 12. The molecule has 0 radical (unpaired) electrons. The molecule has 40 heavy (non-hydrogen) atoms. The first-order valence-corrected chi connectivity index (χ1v) is 19.1. The highest BCUT2D eigenvalue weighted by molar-refractivity contribution is 6.78. The molecule has 1 fully saturated rings. The van der Waals surface area contributed by atoms with E-state index >= 15 is 4.39 Å². The van der Waals surface area contributed by atoms with Gasteiger partial charge in [-0.1, -0.05) is 83.1 Å². The molecule has 9 nitrogen and oxygen atoms in total. The summed E-state index contributed by atoms with van der Waals surface area (Å²) in [6.45, 7) is 26.7. The fourth-order valence-electron chi connectivity index (χ4n) is 7.74. The number of anilines is 1. The molecule has 0 spiro atoms. The van der Waals surface area contributed by atoms with Gasteiger partial charge < -0.3 is 19.3 Å². The van der Waals surface area contributed by atoms with E-state index in [9.17, 15) is 4.79 Å². The number of hydrogen-bond acceptors (Lipinski definition) is 7. The van der Waals surface area contributed by atoms with Crippen LogP contribution in [0.5, 0.6) is 0 Å². The number of nitrogens with one attached hydrogen (secondary N) is 1. The summed E-state index contributed by atoms with van der Waals surface area (Å²) < 4.78 is 38.5. The predicted molar refractivity (Wildman–Crippen MR) is 164 cm³/mol. The van der Waals surface area contributed by atoms with Crippen molar-refractivity contribution in [2.75, 3.05) is 12.3 Å². The van der Waals surface area contributed by atoms with E-state index < -0.39 is 46.8 Å². The minimum absolute atomic E-state index is 0.0403. The first-order chi connectivity index (χ1) is 18.5. The summed E-state index contributed by atoms with van der Waals surface area (Å²) in [5.41, 5.74) is 7.57. The molecular weight excluding hydrogens is 546 g/mol. The van der Waals surface area contributed by atoms with E-state index in [1.54, 1.807) is 0 Å². The third-order valence-electron chi connectivity index (χ3n) is 9.31. The highest BCUT2D eigenvalue weighted by Crippen LogP contribution is 2.48. The molecule has 1 aliphatic heterocycles. The molecule has 3 heterocycles. The molecule has 12 heteroatoms. The molecule has 0 unspecified atom stereocenters. The quantitative estimate of drug-likeness (QED) is 0.262. The molecule has 1 aliphatic rings. The summed E-state index contributed by atoms with van der Waals surface area (Å²) in [6, 6.07) is 0. The molecular formula is C28H52FN5O4Si2. The first kappa shape index (κ1) is 32.9. The van der Waals surface area contributed by atoms with Gasteiger partial charge in [0.05, 0.1) is 6.61 Å². The first-order valence-electron chi connectivity index (χ1n) is 14.9. The van der Waals surface area contributed by atoms with Gasteiger partial charge in [-0.25, -0.2) is 19.0 Å². The molecule has 1 saturated heterocycles. The zero-order valence-corrected chi connectivity index (χ0v) is 28.5. The summed E-state index contributed by atoms with van der Waals surface area (Å²) in [5.74, 6) is 0.0403. The minimum atomic E-state index is -2.50. The number of alkyl halides is 1. The van der Waals surface area contributed by atoms with Crippen LogP contribution in [0.2, 0.25) is 33.2 Å². The highest BCUT2D eigenvalue weighted by Gasteiger charge is 2.56. The zero-order chi connectivity index (χ0) is 30.3. The molecule has 0 saturated carbocycles. The average Bonchev–Trinajstić information content (AvgIpc) is 3.33. The Morgan fingerprint density at radius 1 is 0.925 bits per heavy atom. The molecule has 0 bridgehead atoms. The second-order valence-corrected chi connectivity index (χ2v) is 24.2. The second kappa shape index (κ2) is 12.3. The lowest BCUT2D eigenvalue weighted by Gasteiger charge is -2.46. The lowest BCUT2D eigenvalue weighted by molar-refractivity contribution is -0.0479. The summed E-state index contributed by atoms with van der Waals surface area (Å²) >= 11 is 0. The monoisotopic (exact) mass is 597 g/mol. The fourth-order valence-corrected chi connectivity index (χ4v) is 18.8. The Balaban J connectivity index is 2.10. The van der Waals surface area contributed by atoms with Crippen LogP contribution in [0.25, 0.3) is 11.0 Å². The maximum absolute atomic E-state index is 16.8. The minimum Gasteiger partial charge on any atom is -0.413 e. The van der Waals surface area contributed by atoms with Gasteiger partial charge in [0.2, 0.25) is 8.32 Å². The van der Waals surface area contributed by atoms with E-state index in [1.165, 1.54) is 11.0 Å². The zero-order valence-electron chi connectivity index (χ0n) is 26.5. The van der Waals surface area contributed by atoms with Gasteiger partial charge >= 0.3 is 0 Å². The van der Waals surface area contributed by atoms with Crippen LogP contribution in [0, 0.1) is 0 Å². The lowest BCUT2D eigenvalue weighted by atomic mass is 10.1. The maximum atomic E-state index is 16.8. The van der Waals surface area contributed by atoms with Crippen molar-refractivity contribution in [2.45, 2.75) is 141 Å². The Kier molecular flexibility index (Phi) is 10.1. The summed E-state index contributed by atoms with van der Waals surface area (Å²) in [4.78, 5) is 20.9. The Morgan fingerprint density at radius 3 is 1.90 bits per heavy atom. The van der Waals surface area contributed by atoms with E-state index in [2.05, 4.69) is 98.2 Å². The van der Waals surface area contributed by atoms with Gasteiger partial charge in [-0.15, -0.1) is 0 Å². The number of aromatic nitrogens is 4. The van der Waals surface area contributed by atoms with Crippen molar-refractivity contribution in [1.29, 1.82) is 0 Å². The molecule has 228 valence electrons. The van der Waals surface area contributed by atoms with Crippen molar-refractivity contribution in [3.05, 3.63) is 16.7 Å². The van der Waals surface area contributed by atoms with Crippen LogP contribution in [0.1, 0.15) is 89.3 Å². The standard InChI is InChI=1S/C28H52FN5O4Si2/c1-15(2)39(16(3)4,17(5)6)36-13-21-24(38-40(18(7)8,19(9)10)20(11)12)23(29)28(37-21)34-26-22(27(35)33-34)25(30)31-14-32-26/h14-21,23-24,28H,13H2,1-12H3,(H,33,35)(H2,30,31,32)/t21-,23+,24-,28-/m1/s1. The van der Waals surface area contributed by atoms with Crippen LogP contribution in [0.4, 0.5) is 10.2 Å². The average molecular weight is 598 g/mol. The number of nitrogens with zero attached hydrogens (tertiary/aromatic N) is 3. The van der Waals surface area contributed by atoms with Crippen LogP contribution in [0.15, 0.2) is 11.1 Å². The number of fused-ring (bicyclic) bond motifs is 1. The van der Waals surface area contributed by atoms with Gasteiger partial charge in [0.25, 0.3) is 5.56 Å².